The van der Waals surface area contributed by atoms with Crippen LogP contribution in [0, 0.1) is 5.92 Å². The Labute approximate surface area is 172 Å². The summed E-state index contributed by atoms with van der Waals surface area (Å²) < 4.78 is 5.61. The van der Waals surface area contributed by atoms with Crippen LogP contribution in [-0.2, 0) is 22.6 Å². The first kappa shape index (κ1) is 20.9. The molecule has 29 heavy (non-hydrogen) atoms. The molecule has 0 radical (unpaired) electrons. The predicted molar refractivity (Wildman–Crippen MR) is 115 cm³/mol. The summed E-state index contributed by atoms with van der Waals surface area (Å²) in [5, 5.41) is 5.98. The number of aryl methyl sites for hydroxylation is 1. The smallest absolute Gasteiger partial charge is 0.227 e. The summed E-state index contributed by atoms with van der Waals surface area (Å²) in [5.74, 6) is 1.08. The number of para-hydroxylation sites is 1. The molecule has 0 unspecified atom stereocenters. The van der Waals surface area contributed by atoms with Gasteiger partial charge in [-0.3, -0.25) is 9.59 Å². The van der Waals surface area contributed by atoms with Crippen LogP contribution >= 0.6 is 0 Å². The number of amides is 2. The van der Waals surface area contributed by atoms with Gasteiger partial charge < -0.3 is 15.4 Å². The van der Waals surface area contributed by atoms with Crippen molar-refractivity contribution in [3.05, 3.63) is 59.7 Å². The second-order valence-electron chi connectivity index (χ2n) is 7.49. The number of anilines is 1. The average molecular weight is 395 g/mol. The van der Waals surface area contributed by atoms with E-state index in [2.05, 4.69) is 10.6 Å². The molecule has 2 aromatic carbocycles. The molecule has 2 N–H and O–H groups in total. The Kier molecular flexibility index (Phi) is 7.68. The molecule has 0 saturated heterocycles. The van der Waals surface area contributed by atoms with Crippen LogP contribution in [-0.4, -0.2) is 18.4 Å². The molecule has 1 saturated carbocycles. The van der Waals surface area contributed by atoms with E-state index in [-0.39, 0.29) is 17.7 Å². The van der Waals surface area contributed by atoms with Gasteiger partial charge in [-0.05, 0) is 55.5 Å². The lowest BCUT2D eigenvalue weighted by atomic mass is 10.1. The van der Waals surface area contributed by atoms with Gasteiger partial charge in [0, 0.05) is 24.6 Å². The molecule has 0 heterocycles. The second kappa shape index (κ2) is 10.6. The van der Waals surface area contributed by atoms with Crippen LogP contribution in [0.2, 0.25) is 0 Å². The topological polar surface area (TPSA) is 67.4 Å². The van der Waals surface area contributed by atoms with Gasteiger partial charge in [0.15, 0.2) is 0 Å². The fourth-order valence-corrected chi connectivity index (χ4v) is 3.74. The van der Waals surface area contributed by atoms with E-state index in [1.54, 1.807) is 0 Å². The zero-order valence-electron chi connectivity index (χ0n) is 17.1. The molecule has 0 atom stereocenters. The minimum atomic E-state index is -0.00306. The van der Waals surface area contributed by atoms with E-state index in [4.69, 9.17) is 4.74 Å². The fourth-order valence-electron chi connectivity index (χ4n) is 3.74. The maximum absolute atomic E-state index is 12.3. The molecule has 2 amide bonds. The molecule has 5 nitrogen and oxygen atoms in total. The highest BCUT2D eigenvalue weighted by atomic mass is 16.5. The van der Waals surface area contributed by atoms with Gasteiger partial charge in [0.25, 0.3) is 0 Å². The van der Waals surface area contributed by atoms with Crippen molar-refractivity contribution in [3.63, 3.8) is 0 Å². The number of benzene rings is 2. The summed E-state index contributed by atoms with van der Waals surface area (Å²) in [4.78, 5) is 24.6. The molecule has 0 spiro atoms. The molecule has 5 heteroatoms. The van der Waals surface area contributed by atoms with Crippen molar-refractivity contribution in [1.82, 2.24) is 5.32 Å². The lowest BCUT2D eigenvalue weighted by Crippen LogP contribution is -2.23. The highest BCUT2D eigenvalue weighted by Crippen LogP contribution is 2.26. The van der Waals surface area contributed by atoms with Crippen LogP contribution in [0.4, 0.5) is 5.69 Å². The van der Waals surface area contributed by atoms with Crippen molar-refractivity contribution in [3.8, 4) is 5.75 Å². The van der Waals surface area contributed by atoms with Gasteiger partial charge in [-0.25, -0.2) is 0 Å². The number of hydrogen-bond donors (Lipinski definition) is 2. The number of rotatable bonds is 9. The summed E-state index contributed by atoms with van der Waals surface area (Å²) in [6, 6.07) is 15.5. The Bertz CT molecular complexity index is 828. The van der Waals surface area contributed by atoms with Crippen molar-refractivity contribution >= 4 is 17.5 Å². The van der Waals surface area contributed by atoms with Crippen molar-refractivity contribution in [2.75, 3.05) is 11.9 Å². The standard InChI is InChI=1S/C24H30N2O3/c1-2-29-22-13-6-5-9-19(22)14-15-23(27)25-17-18-8-7-12-21(16-18)26-24(28)20-10-3-4-11-20/h5-9,12-13,16,20H,2-4,10-11,14-15,17H2,1H3,(H,25,27)(H,26,28). The molecular formula is C24H30N2O3. The number of nitrogens with one attached hydrogen (secondary N) is 2. The first-order valence-electron chi connectivity index (χ1n) is 10.5. The van der Waals surface area contributed by atoms with E-state index in [9.17, 15) is 9.59 Å². The molecule has 0 aromatic heterocycles. The van der Waals surface area contributed by atoms with Crippen molar-refractivity contribution in [1.29, 1.82) is 0 Å². The summed E-state index contributed by atoms with van der Waals surface area (Å²) >= 11 is 0. The third-order valence-electron chi connectivity index (χ3n) is 5.30. The Morgan fingerprint density at radius 3 is 2.66 bits per heavy atom. The van der Waals surface area contributed by atoms with Gasteiger partial charge in [0.2, 0.25) is 11.8 Å². The lowest BCUT2D eigenvalue weighted by Gasteiger charge is -2.12. The highest BCUT2D eigenvalue weighted by molar-refractivity contribution is 5.92. The first-order chi connectivity index (χ1) is 14.2. The third-order valence-corrected chi connectivity index (χ3v) is 5.30. The van der Waals surface area contributed by atoms with E-state index in [0.29, 0.717) is 26.0 Å². The van der Waals surface area contributed by atoms with Gasteiger partial charge in [-0.15, -0.1) is 0 Å². The van der Waals surface area contributed by atoms with E-state index in [1.165, 1.54) is 0 Å². The van der Waals surface area contributed by atoms with Gasteiger partial charge >= 0.3 is 0 Å². The van der Waals surface area contributed by atoms with Gasteiger partial charge in [0.1, 0.15) is 5.75 Å². The number of carbonyl (C=O) groups excluding carboxylic acids is 2. The number of carbonyl (C=O) groups is 2. The van der Waals surface area contributed by atoms with Crippen molar-refractivity contribution in [2.24, 2.45) is 5.92 Å². The number of hydrogen-bond acceptors (Lipinski definition) is 3. The Morgan fingerprint density at radius 1 is 1.07 bits per heavy atom. The van der Waals surface area contributed by atoms with E-state index in [0.717, 1.165) is 48.2 Å². The van der Waals surface area contributed by atoms with Gasteiger partial charge in [0.05, 0.1) is 6.61 Å². The van der Waals surface area contributed by atoms with Crippen LogP contribution in [0.1, 0.15) is 50.2 Å². The maximum Gasteiger partial charge on any atom is 0.227 e. The molecule has 3 rings (SSSR count). The third kappa shape index (κ3) is 6.34. The van der Waals surface area contributed by atoms with Crippen LogP contribution < -0.4 is 15.4 Å². The van der Waals surface area contributed by atoms with Crippen molar-refractivity contribution < 1.29 is 14.3 Å². The van der Waals surface area contributed by atoms with E-state index >= 15 is 0 Å². The highest BCUT2D eigenvalue weighted by Gasteiger charge is 2.22. The van der Waals surface area contributed by atoms with E-state index < -0.39 is 0 Å². The summed E-state index contributed by atoms with van der Waals surface area (Å²) in [7, 11) is 0. The molecule has 1 aliphatic carbocycles. The van der Waals surface area contributed by atoms with Crippen molar-refractivity contribution in [2.45, 2.75) is 52.0 Å². The SMILES string of the molecule is CCOc1ccccc1CCC(=O)NCc1cccc(NC(=O)C2CCCC2)c1. The fraction of sp³-hybridized carbons (Fsp3) is 0.417. The molecule has 2 aromatic rings. The maximum atomic E-state index is 12.3. The lowest BCUT2D eigenvalue weighted by molar-refractivity contribution is -0.121. The average Bonchev–Trinajstić information content (AvgIpc) is 3.27. The van der Waals surface area contributed by atoms with E-state index in [1.807, 2.05) is 55.5 Å². The Hall–Kier alpha value is -2.82. The molecule has 0 bridgehead atoms. The summed E-state index contributed by atoms with van der Waals surface area (Å²) in [5.41, 5.74) is 2.80. The summed E-state index contributed by atoms with van der Waals surface area (Å²) in [6.45, 7) is 3.00. The van der Waals surface area contributed by atoms with Crippen LogP contribution in [0.5, 0.6) is 5.75 Å². The second-order valence-corrected chi connectivity index (χ2v) is 7.49. The minimum absolute atomic E-state index is 0.00306. The molecular weight excluding hydrogens is 364 g/mol. The zero-order chi connectivity index (χ0) is 20.5. The molecule has 154 valence electrons. The molecule has 1 fully saturated rings. The minimum Gasteiger partial charge on any atom is -0.494 e. The van der Waals surface area contributed by atoms with Crippen LogP contribution in [0.25, 0.3) is 0 Å². The van der Waals surface area contributed by atoms with Crippen LogP contribution in [0.15, 0.2) is 48.5 Å². The van der Waals surface area contributed by atoms with Gasteiger partial charge in [-0.1, -0.05) is 43.2 Å². The molecule has 1 aliphatic rings. The van der Waals surface area contributed by atoms with Crippen LogP contribution in [0.3, 0.4) is 0 Å². The van der Waals surface area contributed by atoms with Gasteiger partial charge in [-0.2, -0.15) is 0 Å². The number of ether oxygens (including phenoxy) is 1. The monoisotopic (exact) mass is 394 g/mol. The first-order valence-corrected chi connectivity index (χ1v) is 10.5. The Morgan fingerprint density at radius 2 is 1.86 bits per heavy atom. The zero-order valence-corrected chi connectivity index (χ0v) is 17.1. The quantitative estimate of drug-likeness (QED) is 0.660. The largest absolute Gasteiger partial charge is 0.494 e. The predicted octanol–water partition coefficient (Wildman–Crippen LogP) is 4.46. The molecule has 0 aliphatic heterocycles. The summed E-state index contributed by atoms with van der Waals surface area (Å²) in [6.07, 6.45) is 5.28. The normalized spacial score (nSPS) is 13.8. The Balaban J connectivity index is 1.47.